The summed E-state index contributed by atoms with van der Waals surface area (Å²) < 4.78 is 39.4. The largest absolute Gasteiger partial charge is 0.502 e. The van der Waals surface area contributed by atoms with E-state index in [4.69, 9.17) is 20.6 Å². The SMILES string of the molecule is Nc1nc2c(ncn2-c2oc(CO)c(NS(O)(O)NCC3OC(n4cnc5c(=O)[nH]c(N)nc54)C(O)C3O)c2O)c(=O)[nH]1. The Morgan fingerprint density at radius 1 is 1.00 bits per heavy atom. The smallest absolute Gasteiger partial charge is 0.280 e. The van der Waals surface area contributed by atoms with Gasteiger partial charge in [-0.3, -0.25) is 38.0 Å². The number of ether oxygens (including phenoxy) is 1. The second kappa shape index (κ2) is 10.2. The van der Waals surface area contributed by atoms with Crippen molar-refractivity contribution in [1.29, 1.82) is 0 Å². The molecule has 5 aromatic rings. The molecule has 4 atom stereocenters. The van der Waals surface area contributed by atoms with Gasteiger partial charge < -0.3 is 41.0 Å². The predicted octanol–water partition coefficient (Wildman–Crippen LogP) is -2.60. The molecule has 1 fully saturated rings. The third kappa shape index (κ3) is 4.79. The summed E-state index contributed by atoms with van der Waals surface area (Å²) in [5.41, 5.74) is 9.12. The lowest BCUT2D eigenvalue weighted by molar-refractivity contribution is -0.0331. The molecule has 43 heavy (non-hydrogen) atoms. The molecule has 0 aromatic carbocycles. The molecule has 6 rings (SSSR count). The first-order chi connectivity index (χ1) is 20.4. The van der Waals surface area contributed by atoms with Crippen LogP contribution < -0.4 is 32.0 Å². The van der Waals surface area contributed by atoms with E-state index >= 15 is 0 Å². The van der Waals surface area contributed by atoms with E-state index in [1.54, 1.807) is 0 Å². The Morgan fingerprint density at radius 2 is 1.63 bits per heavy atom. The summed E-state index contributed by atoms with van der Waals surface area (Å²) in [5.74, 6) is -1.90. The number of nitrogens with one attached hydrogen (secondary N) is 4. The Bertz CT molecular complexity index is 1960. The summed E-state index contributed by atoms with van der Waals surface area (Å²) >= 11 is 0. The van der Waals surface area contributed by atoms with Crippen molar-refractivity contribution in [1.82, 2.24) is 43.8 Å². The number of nitrogens with two attached hydrogens (primary N) is 2. The van der Waals surface area contributed by atoms with Crippen LogP contribution in [0.3, 0.4) is 0 Å². The van der Waals surface area contributed by atoms with Crippen molar-refractivity contribution in [3.8, 4) is 11.6 Å². The molecule has 230 valence electrons. The number of imidazole rings is 2. The van der Waals surface area contributed by atoms with Gasteiger partial charge in [0, 0.05) is 6.54 Å². The van der Waals surface area contributed by atoms with Crippen LogP contribution in [0.25, 0.3) is 28.2 Å². The van der Waals surface area contributed by atoms with Gasteiger partial charge in [0.2, 0.25) is 17.6 Å². The first-order valence-corrected chi connectivity index (χ1v) is 13.7. The quantitative estimate of drug-likeness (QED) is 0.0841. The van der Waals surface area contributed by atoms with Crippen LogP contribution in [0.4, 0.5) is 17.6 Å². The number of anilines is 3. The molecule has 0 spiro atoms. The summed E-state index contributed by atoms with van der Waals surface area (Å²) in [6.07, 6.45) is -3.36. The molecule has 5 aromatic heterocycles. The van der Waals surface area contributed by atoms with Gasteiger partial charge in [0.05, 0.1) is 6.33 Å². The minimum atomic E-state index is -4.06. The maximum absolute atomic E-state index is 12.1. The molecule has 4 unspecified atom stereocenters. The van der Waals surface area contributed by atoms with Crippen LogP contribution in [-0.2, 0) is 11.3 Å². The molecule has 0 amide bonds. The van der Waals surface area contributed by atoms with Gasteiger partial charge >= 0.3 is 0 Å². The number of hydrogen-bond donors (Lipinski definition) is 12. The van der Waals surface area contributed by atoms with Gasteiger partial charge in [0.25, 0.3) is 17.0 Å². The standard InChI is InChI=1S/C20H24N12O10S/c21-19-26-13-8(15(37)28-19)23-3-31(13)17-11(35)7(6(2-33)42-17)30-43(39,40)25-1-5-10(34)12(36)18(41-5)32-4-24-9-14(32)27-20(22)29-16(9)38/h3-5,10,12,18,25,30,33-36,39-40H,1-2H2,(H3,21,26,28,37)(H3,22,27,29,38). The molecule has 1 aliphatic rings. The number of nitrogen functional groups attached to an aromatic ring is 2. The number of fused-ring (bicyclic) bond motifs is 2. The topological polar surface area (TPSA) is 347 Å². The van der Waals surface area contributed by atoms with Crippen molar-refractivity contribution in [2.75, 3.05) is 22.7 Å². The number of aromatic amines is 2. The zero-order chi connectivity index (χ0) is 30.8. The van der Waals surface area contributed by atoms with E-state index in [-0.39, 0.29) is 45.9 Å². The molecule has 14 N–H and O–H groups in total. The molecular formula is C20H24N12O10S. The summed E-state index contributed by atoms with van der Waals surface area (Å²) in [6.45, 7) is -1.28. The van der Waals surface area contributed by atoms with Crippen molar-refractivity contribution in [3.63, 3.8) is 0 Å². The maximum atomic E-state index is 12.1. The summed E-state index contributed by atoms with van der Waals surface area (Å²) in [4.78, 5) is 44.5. The highest BCUT2D eigenvalue weighted by atomic mass is 32.3. The fraction of sp³-hybridized carbons (Fsp3) is 0.300. The van der Waals surface area contributed by atoms with E-state index in [1.807, 2.05) is 0 Å². The number of H-pyrrole nitrogens is 2. The van der Waals surface area contributed by atoms with Gasteiger partial charge in [-0.05, 0) is 0 Å². The highest BCUT2D eigenvalue weighted by molar-refractivity contribution is 8.23. The lowest BCUT2D eigenvalue weighted by atomic mass is 10.1. The Kier molecular flexibility index (Phi) is 6.74. The van der Waals surface area contributed by atoms with Crippen LogP contribution >= 0.6 is 11.0 Å². The fourth-order valence-electron chi connectivity index (χ4n) is 4.54. The monoisotopic (exact) mass is 624 g/mol. The van der Waals surface area contributed by atoms with Crippen LogP contribution in [-0.4, -0.2) is 93.4 Å². The average Bonchev–Trinajstić information content (AvgIpc) is 3.69. The molecule has 1 aliphatic heterocycles. The highest BCUT2D eigenvalue weighted by Crippen LogP contribution is 2.45. The second-order valence-corrected chi connectivity index (χ2v) is 10.9. The number of aliphatic hydroxyl groups excluding tert-OH is 3. The lowest BCUT2D eigenvalue weighted by Gasteiger charge is -2.34. The Balaban J connectivity index is 1.21. The molecule has 0 saturated carbocycles. The summed E-state index contributed by atoms with van der Waals surface area (Å²) in [5, 5.41) is 41.9. The van der Waals surface area contributed by atoms with Crippen LogP contribution in [0.5, 0.6) is 5.75 Å². The third-order valence-corrected chi connectivity index (χ3v) is 7.58. The molecule has 22 nitrogen and oxygen atoms in total. The van der Waals surface area contributed by atoms with Gasteiger partial charge in [-0.25, -0.2) is 14.5 Å². The van der Waals surface area contributed by atoms with Gasteiger partial charge in [-0.15, -0.1) is 0 Å². The molecule has 0 bridgehead atoms. The molecule has 0 radical (unpaired) electrons. The molecule has 23 heteroatoms. The van der Waals surface area contributed by atoms with E-state index in [9.17, 15) is 39.1 Å². The van der Waals surface area contributed by atoms with Gasteiger partial charge in [0.1, 0.15) is 36.9 Å². The van der Waals surface area contributed by atoms with Crippen molar-refractivity contribution in [2.45, 2.75) is 31.1 Å². The van der Waals surface area contributed by atoms with E-state index in [1.165, 1.54) is 4.57 Å². The zero-order valence-corrected chi connectivity index (χ0v) is 22.3. The number of aromatic hydroxyl groups is 1. The van der Waals surface area contributed by atoms with Crippen LogP contribution in [0.2, 0.25) is 0 Å². The van der Waals surface area contributed by atoms with E-state index < -0.39 is 71.2 Å². The number of aromatic nitrogens is 8. The van der Waals surface area contributed by atoms with Crippen LogP contribution in [0.15, 0.2) is 26.7 Å². The molecular weight excluding hydrogens is 600 g/mol. The average molecular weight is 625 g/mol. The van der Waals surface area contributed by atoms with Gasteiger partial charge in [-0.2, -0.15) is 14.7 Å². The molecule has 0 aliphatic carbocycles. The van der Waals surface area contributed by atoms with Crippen molar-refractivity contribution in [2.24, 2.45) is 0 Å². The highest BCUT2D eigenvalue weighted by Gasteiger charge is 2.45. The first kappa shape index (κ1) is 28.4. The Labute approximate surface area is 238 Å². The Morgan fingerprint density at radius 3 is 2.30 bits per heavy atom. The van der Waals surface area contributed by atoms with E-state index in [0.717, 1.165) is 17.2 Å². The van der Waals surface area contributed by atoms with Gasteiger partial charge in [0.15, 0.2) is 34.3 Å². The first-order valence-electron chi connectivity index (χ1n) is 12.1. The number of hydrogen-bond acceptors (Lipinski definition) is 18. The van der Waals surface area contributed by atoms with Gasteiger partial charge in [-0.1, -0.05) is 11.0 Å². The number of rotatable bonds is 8. The van der Waals surface area contributed by atoms with Crippen LogP contribution in [0.1, 0.15) is 12.0 Å². The van der Waals surface area contributed by atoms with E-state index in [0.29, 0.717) is 0 Å². The van der Waals surface area contributed by atoms with Crippen molar-refractivity contribution in [3.05, 3.63) is 39.1 Å². The minimum absolute atomic E-state index is 0.0204. The van der Waals surface area contributed by atoms with Crippen LogP contribution in [0, 0.1) is 0 Å². The molecule has 6 heterocycles. The summed E-state index contributed by atoms with van der Waals surface area (Å²) in [7, 11) is -4.06. The van der Waals surface area contributed by atoms with Crippen molar-refractivity contribution < 1.29 is 38.7 Å². The number of nitrogens with zero attached hydrogens (tertiary/aromatic N) is 6. The Hall–Kier alpha value is -4.75. The number of aliphatic hydroxyl groups is 3. The van der Waals surface area contributed by atoms with E-state index in [2.05, 4.69) is 39.3 Å². The zero-order valence-electron chi connectivity index (χ0n) is 21.4. The minimum Gasteiger partial charge on any atom is -0.502 e. The predicted molar refractivity (Wildman–Crippen MR) is 147 cm³/mol. The second-order valence-electron chi connectivity index (χ2n) is 9.27. The molecule has 1 saturated heterocycles. The maximum Gasteiger partial charge on any atom is 0.280 e. The normalized spacial score (nSPS) is 21.2. The van der Waals surface area contributed by atoms with Crippen molar-refractivity contribution >= 4 is 50.9 Å². The number of furan rings is 1. The summed E-state index contributed by atoms with van der Waals surface area (Å²) in [6, 6.07) is 0. The fourth-order valence-corrected chi connectivity index (χ4v) is 5.51. The lowest BCUT2D eigenvalue weighted by Crippen LogP contribution is -2.39. The third-order valence-electron chi connectivity index (χ3n) is 6.52.